The lowest BCUT2D eigenvalue weighted by Gasteiger charge is -2.10. The third kappa shape index (κ3) is 2.94. The molecule has 0 saturated carbocycles. The van der Waals surface area contributed by atoms with Crippen molar-refractivity contribution in [1.29, 1.82) is 0 Å². The fourth-order valence-electron chi connectivity index (χ4n) is 1.15. The summed E-state index contributed by atoms with van der Waals surface area (Å²) in [6, 6.07) is 1.83. The van der Waals surface area contributed by atoms with Crippen LogP contribution in [0.1, 0.15) is 21.5 Å². The summed E-state index contributed by atoms with van der Waals surface area (Å²) in [5.74, 6) is 0.502. The number of nitrogens with one attached hydrogen (secondary N) is 1. The van der Waals surface area contributed by atoms with Gasteiger partial charge in [-0.25, -0.2) is 0 Å². The molecule has 0 saturated heterocycles. The Bertz CT molecular complexity index is 349. The first kappa shape index (κ1) is 12.0. The normalized spacial score (nSPS) is 12.3. The molecule has 0 radical (unpaired) electrons. The number of carbonyl (C=O) groups excluding carboxylic acids is 1. The fraction of sp³-hybridized carbons (Fsp3) is 0.500. The maximum Gasteiger partial charge on any atom is 0.265 e. The third-order valence-electron chi connectivity index (χ3n) is 1.98. The van der Waals surface area contributed by atoms with Gasteiger partial charge in [-0.3, -0.25) is 4.79 Å². The Morgan fingerprint density at radius 1 is 1.73 bits per heavy atom. The van der Waals surface area contributed by atoms with Crippen LogP contribution in [0.4, 0.5) is 0 Å². The molecular weight excluding hydrogens is 212 g/mol. The van der Waals surface area contributed by atoms with Crippen molar-refractivity contribution >= 4 is 17.2 Å². The van der Waals surface area contributed by atoms with Gasteiger partial charge in [0.2, 0.25) is 0 Å². The first-order valence-corrected chi connectivity index (χ1v) is 5.55. The van der Waals surface area contributed by atoms with Gasteiger partial charge in [0, 0.05) is 17.5 Å². The van der Waals surface area contributed by atoms with E-state index in [0.717, 1.165) is 4.88 Å². The Kier molecular flexibility index (Phi) is 4.11. The number of rotatable bonds is 4. The molecule has 0 unspecified atom stereocenters. The van der Waals surface area contributed by atoms with Crippen molar-refractivity contribution in [3.63, 3.8) is 0 Å². The van der Waals surface area contributed by atoms with E-state index in [4.69, 9.17) is 10.5 Å². The summed E-state index contributed by atoms with van der Waals surface area (Å²) < 4.78 is 5.12. The highest BCUT2D eigenvalue weighted by molar-refractivity contribution is 7.14. The minimum atomic E-state index is -0.122. The molecule has 0 aliphatic carbocycles. The molecular formula is C10H16N2O2S. The number of nitrogens with two attached hydrogens (primary N) is 1. The second kappa shape index (κ2) is 5.14. The van der Waals surface area contributed by atoms with Gasteiger partial charge < -0.3 is 15.8 Å². The zero-order valence-electron chi connectivity index (χ0n) is 9.16. The average Bonchev–Trinajstić information content (AvgIpc) is 2.59. The highest BCUT2D eigenvalue weighted by Gasteiger charge is 2.16. The molecule has 0 fully saturated rings. The second-order valence-corrected chi connectivity index (χ2v) is 4.62. The second-order valence-electron chi connectivity index (χ2n) is 3.36. The molecule has 0 aliphatic rings. The lowest BCUT2D eigenvalue weighted by atomic mass is 10.3. The van der Waals surface area contributed by atoms with E-state index in [1.165, 1.54) is 11.3 Å². The van der Waals surface area contributed by atoms with Crippen LogP contribution < -0.4 is 15.8 Å². The topological polar surface area (TPSA) is 64.3 Å². The molecule has 0 bridgehead atoms. The highest BCUT2D eigenvalue weighted by atomic mass is 32.1. The Morgan fingerprint density at radius 3 is 2.93 bits per heavy atom. The van der Waals surface area contributed by atoms with Crippen molar-refractivity contribution in [2.75, 3.05) is 13.7 Å². The van der Waals surface area contributed by atoms with E-state index in [1.54, 1.807) is 7.11 Å². The van der Waals surface area contributed by atoms with Crippen LogP contribution in [0.25, 0.3) is 0 Å². The lowest BCUT2D eigenvalue weighted by Crippen LogP contribution is -2.37. The summed E-state index contributed by atoms with van der Waals surface area (Å²) in [5.41, 5.74) is 5.43. The number of aryl methyl sites for hydroxylation is 1. The first-order valence-electron chi connectivity index (χ1n) is 4.73. The lowest BCUT2D eigenvalue weighted by molar-refractivity contribution is 0.0942. The van der Waals surface area contributed by atoms with Crippen LogP contribution in [-0.2, 0) is 0 Å². The maximum atomic E-state index is 11.8. The number of amides is 1. The van der Waals surface area contributed by atoms with Crippen molar-refractivity contribution in [2.24, 2.45) is 5.73 Å². The van der Waals surface area contributed by atoms with Crippen molar-refractivity contribution < 1.29 is 9.53 Å². The van der Waals surface area contributed by atoms with E-state index in [-0.39, 0.29) is 11.9 Å². The summed E-state index contributed by atoms with van der Waals surface area (Å²) in [6.45, 7) is 4.24. The van der Waals surface area contributed by atoms with E-state index in [1.807, 2.05) is 19.9 Å². The molecule has 3 N–H and O–H groups in total. The quantitative estimate of drug-likeness (QED) is 0.812. The Balaban J connectivity index is 2.81. The highest BCUT2D eigenvalue weighted by Crippen LogP contribution is 2.28. The van der Waals surface area contributed by atoms with Crippen LogP contribution >= 0.6 is 11.3 Å². The van der Waals surface area contributed by atoms with E-state index >= 15 is 0 Å². The number of carbonyl (C=O) groups is 1. The molecule has 0 aromatic carbocycles. The van der Waals surface area contributed by atoms with Gasteiger partial charge in [-0.15, -0.1) is 11.3 Å². The number of methoxy groups -OCH3 is 1. The minimum Gasteiger partial charge on any atom is -0.495 e. The minimum absolute atomic E-state index is 0.0235. The van der Waals surface area contributed by atoms with Crippen molar-refractivity contribution in [3.8, 4) is 5.75 Å². The number of thiophene rings is 1. The Labute approximate surface area is 93.4 Å². The van der Waals surface area contributed by atoms with Crippen LogP contribution in [0.3, 0.4) is 0 Å². The molecule has 1 heterocycles. The molecule has 1 aromatic heterocycles. The van der Waals surface area contributed by atoms with Gasteiger partial charge in [-0.1, -0.05) is 0 Å². The van der Waals surface area contributed by atoms with Crippen LogP contribution in [0.15, 0.2) is 6.07 Å². The molecule has 1 atom stereocenters. The number of hydrogen-bond donors (Lipinski definition) is 2. The van der Waals surface area contributed by atoms with Crippen LogP contribution in [0.5, 0.6) is 5.75 Å². The van der Waals surface area contributed by atoms with Crippen molar-refractivity contribution in [1.82, 2.24) is 5.32 Å². The first-order chi connectivity index (χ1) is 7.08. The van der Waals surface area contributed by atoms with Gasteiger partial charge in [-0.2, -0.15) is 0 Å². The van der Waals surface area contributed by atoms with E-state index in [2.05, 4.69) is 5.32 Å². The zero-order valence-corrected chi connectivity index (χ0v) is 9.98. The Hall–Kier alpha value is -1.07. The predicted octanol–water partition coefficient (Wildman–Crippen LogP) is 1.14. The van der Waals surface area contributed by atoms with Gasteiger partial charge in [0.05, 0.1) is 7.11 Å². The molecule has 1 amide bonds. The summed E-state index contributed by atoms with van der Waals surface area (Å²) >= 11 is 1.42. The summed E-state index contributed by atoms with van der Waals surface area (Å²) in [7, 11) is 1.56. The molecule has 15 heavy (non-hydrogen) atoms. The van der Waals surface area contributed by atoms with Gasteiger partial charge in [0.25, 0.3) is 5.91 Å². The molecule has 84 valence electrons. The van der Waals surface area contributed by atoms with Crippen LogP contribution in [-0.4, -0.2) is 25.6 Å². The van der Waals surface area contributed by atoms with Gasteiger partial charge in [0.15, 0.2) is 0 Å². The van der Waals surface area contributed by atoms with E-state index in [0.29, 0.717) is 17.2 Å². The van der Waals surface area contributed by atoms with Crippen molar-refractivity contribution in [2.45, 2.75) is 19.9 Å². The number of ether oxygens (including phenoxy) is 1. The van der Waals surface area contributed by atoms with Crippen LogP contribution in [0.2, 0.25) is 0 Å². The molecule has 0 aliphatic heterocycles. The third-order valence-corrected chi connectivity index (χ3v) is 3.01. The molecule has 1 rings (SSSR count). The maximum absolute atomic E-state index is 11.8. The fourth-order valence-corrected chi connectivity index (χ4v) is 2.03. The van der Waals surface area contributed by atoms with Crippen LogP contribution in [0, 0.1) is 6.92 Å². The predicted molar refractivity (Wildman–Crippen MR) is 61.6 cm³/mol. The smallest absolute Gasteiger partial charge is 0.265 e. The average molecular weight is 228 g/mol. The molecule has 5 heteroatoms. The van der Waals surface area contributed by atoms with Crippen molar-refractivity contribution in [3.05, 3.63) is 15.8 Å². The molecule has 4 nitrogen and oxygen atoms in total. The summed E-state index contributed by atoms with van der Waals surface area (Å²) in [6.07, 6.45) is 0. The Morgan fingerprint density at radius 2 is 2.40 bits per heavy atom. The van der Waals surface area contributed by atoms with E-state index in [9.17, 15) is 4.79 Å². The molecule has 0 spiro atoms. The largest absolute Gasteiger partial charge is 0.495 e. The monoisotopic (exact) mass is 228 g/mol. The SMILES string of the molecule is COc1cc(C)sc1C(=O)N[C@@H](C)CN. The van der Waals surface area contributed by atoms with E-state index < -0.39 is 0 Å². The summed E-state index contributed by atoms with van der Waals surface area (Å²) in [4.78, 5) is 13.4. The van der Waals surface area contributed by atoms with Gasteiger partial charge in [0.1, 0.15) is 10.6 Å². The zero-order chi connectivity index (χ0) is 11.4. The summed E-state index contributed by atoms with van der Waals surface area (Å²) in [5, 5.41) is 2.80. The standard InChI is InChI=1S/C10H16N2O2S/c1-6(5-11)12-10(13)9-8(14-3)4-7(2)15-9/h4,6H,5,11H2,1-3H3,(H,12,13)/t6-/m0/s1. The van der Waals surface area contributed by atoms with Gasteiger partial charge in [-0.05, 0) is 19.9 Å². The molecule has 1 aromatic rings. The van der Waals surface area contributed by atoms with Gasteiger partial charge >= 0.3 is 0 Å². The number of hydrogen-bond acceptors (Lipinski definition) is 4.